The summed E-state index contributed by atoms with van der Waals surface area (Å²) in [7, 11) is 0. The van der Waals surface area contributed by atoms with E-state index in [2.05, 4.69) is 54.1 Å². The maximum Gasteiger partial charge on any atom is 0.326 e. The van der Waals surface area contributed by atoms with Crippen LogP contribution in [0.4, 0.5) is 0 Å². The first-order chi connectivity index (χ1) is 13.0. The molecule has 0 radical (unpaired) electrons. The van der Waals surface area contributed by atoms with Gasteiger partial charge < -0.3 is 4.98 Å². The Bertz CT molecular complexity index is 946. The lowest BCUT2D eigenvalue weighted by atomic mass is 9.90. The number of piperidine rings is 1. The molecule has 0 bridgehead atoms. The third kappa shape index (κ3) is 3.72. The number of aryl methyl sites for hydroxylation is 1. The molecule has 1 fully saturated rings. The van der Waals surface area contributed by atoms with Gasteiger partial charge in [0.1, 0.15) is 0 Å². The number of nitrogens with zero attached hydrogens (tertiary/aromatic N) is 2. The van der Waals surface area contributed by atoms with Gasteiger partial charge in [0.05, 0.1) is 11.0 Å². The number of likely N-dealkylation sites (tertiary alicyclic amines) is 1. The van der Waals surface area contributed by atoms with E-state index >= 15 is 0 Å². The molecule has 4 nitrogen and oxygen atoms in total. The van der Waals surface area contributed by atoms with Gasteiger partial charge in [-0.25, -0.2) is 4.79 Å². The first-order valence-electron chi connectivity index (χ1n) is 10.0. The minimum absolute atomic E-state index is 0.0259. The fourth-order valence-electron chi connectivity index (χ4n) is 4.42. The summed E-state index contributed by atoms with van der Waals surface area (Å²) in [6.45, 7) is 6.79. The first-order valence-corrected chi connectivity index (χ1v) is 10.0. The molecule has 1 saturated heterocycles. The van der Waals surface area contributed by atoms with Crippen molar-refractivity contribution in [2.24, 2.45) is 0 Å². The minimum atomic E-state index is 0.0259. The molecule has 0 unspecified atom stereocenters. The van der Waals surface area contributed by atoms with E-state index in [0.717, 1.165) is 49.8 Å². The van der Waals surface area contributed by atoms with Crippen molar-refractivity contribution < 1.29 is 0 Å². The largest absolute Gasteiger partial charge is 0.326 e. The van der Waals surface area contributed by atoms with Gasteiger partial charge in [-0.15, -0.1) is 0 Å². The molecular formula is C23H29N3O. The van der Waals surface area contributed by atoms with Crippen LogP contribution in [0.3, 0.4) is 0 Å². The summed E-state index contributed by atoms with van der Waals surface area (Å²) in [6, 6.07) is 19.0. The Morgan fingerprint density at radius 2 is 1.67 bits per heavy atom. The van der Waals surface area contributed by atoms with Crippen molar-refractivity contribution in [3.63, 3.8) is 0 Å². The van der Waals surface area contributed by atoms with Crippen LogP contribution in [0.15, 0.2) is 59.4 Å². The summed E-state index contributed by atoms with van der Waals surface area (Å²) in [6.07, 6.45) is 4.30. The van der Waals surface area contributed by atoms with Crippen molar-refractivity contribution >= 4 is 11.0 Å². The van der Waals surface area contributed by atoms with E-state index in [1.165, 1.54) is 5.56 Å². The predicted molar refractivity (Wildman–Crippen MR) is 111 cm³/mol. The standard InChI is InChI=1S/C23H29N3O/c1-23(2,15-12-18-8-4-3-5-9-18)25-16-13-19(14-17-25)26-21-11-7-6-10-20(21)24-22(26)27/h3-11,19H,12-17H2,1-2H3,(H,24,27). The summed E-state index contributed by atoms with van der Waals surface area (Å²) in [5.41, 5.74) is 3.58. The van der Waals surface area contributed by atoms with Crippen molar-refractivity contribution in [2.75, 3.05) is 13.1 Å². The van der Waals surface area contributed by atoms with Crippen molar-refractivity contribution in [2.45, 2.75) is 51.1 Å². The van der Waals surface area contributed by atoms with Gasteiger partial charge in [0.25, 0.3) is 0 Å². The minimum Gasteiger partial charge on any atom is -0.306 e. The highest BCUT2D eigenvalue weighted by Crippen LogP contribution is 2.30. The molecular weight excluding hydrogens is 334 g/mol. The lowest BCUT2D eigenvalue weighted by Crippen LogP contribution is -2.49. The van der Waals surface area contributed by atoms with E-state index in [-0.39, 0.29) is 17.3 Å². The van der Waals surface area contributed by atoms with E-state index in [0.29, 0.717) is 0 Å². The molecule has 3 aromatic rings. The number of hydrogen-bond acceptors (Lipinski definition) is 2. The number of H-pyrrole nitrogens is 1. The molecule has 2 heterocycles. The Hall–Kier alpha value is -2.33. The topological polar surface area (TPSA) is 41.0 Å². The quantitative estimate of drug-likeness (QED) is 0.731. The zero-order valence-corrected chi connectivity index (χ0v) is 16.3. The number of nitrogens with one attached hydrogen (secondary N) is 1. The Labute approximate surface area is 160 Å². The number of hydrogen-bond donors (Lipinski definition) is 1. The van der Waals surface area contributed by atoms with Gasteiger partial charge in [0, 0.05) is 24.7 Å². The number of fused-ring (bicyclic) bond motifs is 1. The molecule has 0 spiro atoms. The monoisotopic (exact) mass is 363 g/mol. The van der Waals surface area contributed by atoms with E-state index in [1.54, 1.807) is 0 Å². The van der Waals surface area contributed by atoms with E-state index in [4.69, 9.17) is 0 Å². The maximum atomic E-state index is 12.5. The van der Waals surface area contributed by atoms with E-state index in [9.17, 15) is 4.79 Å². The summed E-state index contributed by atoms with van der Waals surface area (Å²) < 4.78 is 1.98. The third-order valence-corrected chi connectivity index (χ3v) is 6.18. The molecule has 0 amide bonds. The van der Waals surface area contributed by atoms with Gasteiger partial charge in [0.15, 0.2) is 0 Å². The first kappa shape index (κ1) is 18.1. The van der Waals surface area contributed by atoms with Gasteiger partial charge in [-0.1, -0.05) is 42.5 Å². The summed E-state index contributed by atoms with van der Waals surface area (Å²) >= 11 is 0. The second kappa shape index (κ2) is 7.35. The fraction of sp³-hybridized carbons (Fsp3) is 0.435. The van der Waals surface area contributed by atoms with Gasteiger partial charge in [0.2, 0.25) is 0 Å². The van der Waals surface area contributed by atoms with Crippen LogP contribution in [-0.2, 0) is 6.42 Å². The van der Waals surface area contributed by atoms with Crippen LogP contribution in [0, 0.1) is 0 Å². The molecule has 0 saturated carbocycles. The maximum absolute atomic E-state index is 12.5. The lowest BCUT2D eigenvalue weighted by Gasteiger charge is -2.43. The predicted octanol–water partition coefficient (Wildman–Crippen LogP) is 4.38. The fourth-order valence-corrected chi connectivity index (χ4v) is 4.42. The van der Waals surface area contributed by atoms with Gasteiger partial charge in [-0.3, -0.25) is 9.47 Å². The van der Waals surface area contributed by atoms with Crippen LogP contribution < -0.4 is 5.69 Å². The molecule has 2 aromatic carbocycles. The van der Waals surface area contributed by atoms with Crippen molar-refractivity contribution in [3.8, 4) is 0 Å². The molecule has 142 valence electrons. The summed E-state index contributed by atoms with van der Waals surface area (Å²) in [5.74, 6) is 0. The summed E-state index contributed by atoms with van der Waals surface area (Å²) in [4.78, 5) is 18.1. The van der Waals surface area contributed by atoms with Crippen LogP contribution >= 0.6 is 0 Å². The third-order valence-electron chi connectivity index (χ3n) is 6.18. The van der Waals surface area contributed by atoms with Crippen molar-refractivity contribution in [1.82, 2.24) is 14.5 Å². The SMILES string of the molecule is CC(C)(CCc1ccccc1)N1CCC(n2c(=O)[nH]c3ccccc32)CC1. The Morgan fingerprint density at radius 1 is 1.00 bits per heavy atom. The molecule has 0 atom stereocenters. The van der Waals surface area contributed by atoms with Crippen molar-refractivity contribution in [3.05, 3.63) is 70.6 Å². The van der Waals surface area contributed by atoms with Crippen molar-refractivity contribution in [1.29, 1.82) is 0 Å². The Morgan fingerprint density at radius 3 is 2.41 bits per heavy atom. The smallest absolute Gasteiger partial charge is 0.306 e. The molecule has 4 rings (SSSR count). The molecule has 0 aliphatic carbocycles. The molecule has 1 N–H and O–H groups in total. The van der Waals surface area contributed by atoms with Crippen LogP contribution in [-0.4, -0.2) is 33.1 Å². The van der Waals surface area contributed by atoms with Crippen LogP contribution in [0.1, 0.15) is 44.7 Å². The number of aromatic nitrogens is 2. The van der Waals surface area contributed by atoms with Crippen LogP contribution in [0.5, 0.6) is 0 Å². The normalized spacial score (nSPS) is 16.8. The average molecular weight is 364 g/mol. The number of aromatic amines is 1. The highest BCUT2D eigenvalue weighted by atomic mass is 16.1. The van der Waals surface area contributed by atoms with Gasteiger partial charge >= 0.3 is 5.69 Å². The van der Waals surface area contributed by atoms with Crippen LogP contribution in [0.2, 0.25) is 0 Å². The zero-order valence-electron chi connectivity index (χ0n) is 16.3. The number of benzene rings is 2. The van der Waals surface area contributed by atoms with Gasteiger partial charge in [-0.2, -0.15) is 0 Å². The van der Waals surface area contributed by atoms with E-state index < -0.39 is 0 Å². The molecule has 1 aliphatic rings. The molecule has 1 aliphatic heterocycles. The lowest BCUT2D eigenvalue weighted by molar-refractivity contribution is 0.0708. The Kier molecular flexibility index (Phi) is 4.92. The molecule has 1 aromatic heterocycles. The Balaban J connectivity index is 1.42. The number of imidazole rings is 1. The molecule has 27 heavy (non-hydrogen) atoms. The highest BCUT2D eigenvalue weighted by molar-refractivity contribution is 5.75. The van der Waals surface area contributed by atoms with Crippen LogP contribution in [0.25, 0.3) is 11.0 Å². The zero-order chi connectivity index (χ0) is 18.9. The average Bonchev–Trinajstić information content (AvgIpc) is 3.03. The number of rotatable bonds is 5. The summed E-state index contributed by atoms with van der Waals surface area (Å²) in [5, 5.41) is 0. The van der Waals surface area contributed by atoms with Gasteiger partial charge in [-0.05, 0) is 57.2 Å². The second-order valence-electron chi connectivity index (χ2n) is 8.33. The van der Waals surface area contributed by atoms with E-state index in [1.807, 2.05) is 28.8 Å². The molecule has 4 heteroatoms. The highest BCUT2D eigenvalue weighted by Gasteiger charge is 2.31. The number of para-hydroxylation sites is 2. The second-order valence-corrected chi connectivity index (χ2v) is 8.33.